The van der Waals surface area contributed by atoms with E-state index in [1.165, 1.54) is 5.56 Å². The average Bonchev–Trinajstić information content (AvgIpc) is 2.03. The maximum Gasteiger partial charge on any atom is 0.0775 e. The fraction of sp³-hybridized carbons (Fsp3) is 0.222. The number of aryl methyl sites for hydroxylation is 1. The van der Waals surface area contributed by atoms with E-state index >= 15 is 0 Å². The Bertz CT molecular complexity index is 266. The van der Waals surface area contributed by atoms with E-state index in [1.807, 2.05) is 18.4 Å². The SMILES string of the molecule is CSC(=S)c1cccc(C)c1. The Morgan fingerprint density at radius 2 is 2.18 bits per heavy atom. The van der Waals surface area contributed by atoms with Gasteiger partial charge in [0.15, 0.2) is 0 Å². The van der Waals surface area contributed by atoms with Crippen molar-refractivity contribution >= 4 is 28.2 Å². The van der Waals surface area contributed by atoms with E-state index in [9.17, 15) is 0 Å². The highest BCUT2D eigenvalue weighted by molar-refractivity contribution is 8.23. The molecular weight excluding hydrogens is 172 g/mol. The maximum atomic E-state index is 5.14. The quantitative estimate of drug-likeness (QED) is 0.612. The van der Waals surface area contributed by atoms with Crippen LogP contribution in [0, 0.1) is 6.92 Å². The predicted molar refractivity (Wildman–Crippen MR) is 56.4 cm³/mol. The van der Waals surface area contributed by atoms with E-state index in [2.05, 4.69) is 19.1 Å². The molecule has 0 saturated heterocycles. The number of thioether (sulfide) groups is 1. The number of rotatable bonds is 1. The minimum atomic E-state index is 0.966. The molecule has 0 unspecified atom stereocenters. The van der Waals surface area contributed by atoms with Crippen molar-refractivity contribution in [3.05, 3.63) is 35.4 Å². The van der Waals surface area contributed by atoms with E-state index < -0.39 is 0 Å². The van der Waals surface area contributed by atoms with Crippen LogP contribution in [-0.4, -0.2) is 10.5 Å². The standard InChI is InChI=1S/C9H10S2/c1-7-4-3-5-8(6-7)9(10)11-2/h3-6H,1-2H3. The Kier molecular flexibility index (Phi) is 3.09. The van der Waals surface area contributed by atoms with Crippen LogP contribution < -0.4 is 0 Å². The highest BCUT2D eigenvalue weighted by Crippen LogP contribution is 2.12. The van der Waals surface area contributed by atoms with Gasteiger partial charge in [0, 0.05) is 0 Å². The zero-order valence-corrected chi connectivity index (χ0v) is 8.26. The smallest absolute Gasteiger partial charge is 0.0775 e. The molecule has 0 aliphatic carbocycles. The second-order valence-corrected chi connectivity index (χ2v) is 3.84. The molecular formula is C9H10S2. The van der Waals surface area contributed by atoms with Crippen molar-refractivity contribution in [3.63, 3.8) is 0 Å². The van der Waals surface area contributed by atoms with E-state index in [0.717, 1.165) is 9.76 Å². The summed E-state index contributed by atoms with van der Waals surface area (Å²) < 4.78 is 0.966. The fourth-order valence-electron chi connectivity index (χ4n) is 0.890. The second-order valence-electron chi connectivity index (χ2n) is 2.36. The van der Waals surface area contributed by atoms with Crippen molar-refractivity contribution in [3.8, 4) is 0 Å². The van der Waals surface area contributed by atoms with Gasteiger partial charge in [-0.1, -0.05) is 42.0 Å². The molecule has 0 bridgehead atoms. The third-order valence-corrected chi connectivity index (χ3v) is 2.78. The molecule has 58 valence electrons. The van der Waals surface area contributed by atoms with Gasteiger partial charge in [-0.15, -0.1) is 11.8 Å². The van der Waals surface area contributed by atoms with Crippen LogP contribution in [0.25, 0.3) is 0 Å². The summed E-state index contributed by atoms with van der Waals surface area (Å²) in [6.45, 7) is 2.08. The van der Waals surface area contributed by atoms with E-state index in [0.29, 0.717) is 0 Å². The lowest BCUT2D eigenvalue weighted by Gasteiger charge is -1.99. The molecule has 2 heteroatoms. The molecule has 0 fully saturated rings. The highest BCUT2D eigenvalue weighted by atomic mass is 32.2. The second kappa shape index (κ2) is 3.88. The van der Waals surface area contributed by atoms with Gasteiger partial charge in [0.1, 0.15) is 0 Å². The average molecular weight is 182 g/mol. The number of hydrogen-bond acceptors (Lipinski definition) is 2. The number of benzene rings is 1. The molecule has 0 aliphatic rings. The largest absolute Gasteiger partial charge is 0.117 e. The summed E-state index contributed by atoms with van der Waals surface area (Å²) in [4.78, 5) is 0. The Hall–Kier alpha value is -0.340. The molecule has 11 heavy (non-hydrogen) atoms. The van der Waals surface area contributed by atoms with Gasteiger partial charge in [-0.3, -0.25) is 0 Å². The van der Waals surface area contributed by atoms with Gasteiger partial charge in [0.25, 0.3) is 0 Å². The van der Waals surface area contributed by atoms with Gasteiger partial charge < -0.3 is 0 Å². The van der Waals surface area contributed by atoms with Crippen LogP contribution in [0.1, 0.15) is 11.1 Å². The van der Waals surface area contributed by atoms with Gasteiger partial charge in [-0.2, -0.15) is 0 Å². The molecule has 0 radical (unpaired) electrons. The lowest BCUT2D eigenvalue weighted by molar-refractivity contribution is 1.47. The van der Waals surface area contributed by atoms with Crippen LogP contribution in [0.4, 0.5) is 0 Å². The molecule has 0 heterocycles. The number of thiocarbonyl (C=S) groups is 1. The van der Waals surface area contributed by atoms with Crippen molar-refractivity contribution in [2.45, 2.75) is 6.92 Å². The third-order valence-electron chi connectivity index (χ3n) is 1.44. The van der Waals surface area contributed by atoms with Gasteiger partial charge in [-0.25, -0.2) is 0 Å². The van der Waals surface area contributed by atoms with Gasteiger partial charge in [0.2, 0.25) is 0 Å². The van der Waals surface area contributed by atoms with Crippen molar-refractivity contribution in [1.82, 2.24) is 0 Å². The summed E-state index contributed by atoms with van der Waals surface area (Å²) >= 11 is 6.76. The van der Waals surface area contributed by atoms with Crippen LogP contribution >= 0.6 is 24.0 Å². The van der Waals surface area contributed by atoms with Crippen LogP contribution in [0.5, 0.6) is 0 Å². The van der Waals surface area contributed by atoms with Crippen molar-refractivity contribution in [2.24, 2.45) is 0 Å². The maximum absolute atomic E-state index is 5.14. The van der Waals surface area contributed by atoms with Gasteiger partial charge in [-0.05, 0) is 18.7 Å². The van der Waals surface area contributed by atoms with E-state index in [1.54, 1.807) is 11.8 Å². The first kappa shape index (κ1) is 8.75. The minimum absolute atomic E-state index is 0.966. The van der Waals surface area contributed by atoms with Crippen molar-refractivity contribution < 1.29 is 0 Å². The topological polar surface area (TPSA) is 0 Å². The predicted octanol–water partition coefficient (Wildman–Crippen LogP) is 3.03. The van der Waals surface area contributed by atoms with Crippen LogP contribution in [0.2, 0.25) is 0 Å². The normalized spacial score (nSPS) is 9.64. The summed E-state index contributed by atoms with van der Waals surface area (Å²) in [6, 6.07) is 8.27. The molecule has 1 aromatic carbocycles. The highest BCUT2D eigenvalue weighted by Gasteiger charge is 1.97. The Labute approximate surface area is 77.0 Å². The van der Waals surface area contributed by atoms with Crippen molar-refractivity contribution in [1.29, 1.82) is 0 Å². The summed E-state index contributed by atoms with van der Waals surface area (Å²) in [6.07, 6.45) is 2.00. The lowest BCUT2D eigenvalue weighted by atomic mass is 10.2. The minimum Gasteiger partial charge on any atom is -0.117 e. The molecule has 0 aliphatic heterocycles. The molecule has 1 rings (SSSR count). The molecule has 0 N–H and O–H groups in total. The first-order valence-corrected chi connectivity index (χ1v) is 5.02. The first-order valence-electron chi connectivity index (χ1n) is 3.39. The summed E-state index contributed by atoms with van der Waals surface area (Å²) in [7, 11) is 0. The monoisotopic (exact) mass is 182 g/mol. The Balaban J connectivity index is 2.96. The third kappa shape index (κ3) is 2.31. The Morgan fingerprint density at radius 1 is 1.45 bits per heavy atom. The molecule has 0 nitrogen and oxygen atoms in total. The molecule has 0 saturated carbocycles. The zero-order chi connectivity index (χ0) is 8.27. The molecule has 0 atom stereocenters. The first-order chi connectivity index (χ1) is 5.24. The van der Waals surface area contributed by atoms with Crippen molar-refractivity contribution in [2.75, 3.05) is 6.26 Å². The summed E-state index contributed by atoms with van der Waals surface area (Å²) in [5, 5.41) is 0. The fourth-order valence-corrected chi connectivity index (χ4v) is 1.38. The van der Waals surface area contributed by atoms with E-state index in [-0.39, 0.29) is 0 Å². The molecule has 0 spiro atoms. The van der Waals surface area contributed by atoms with Gasteiger partial charge in [0.05, 0.1) is 4.20 Å². The Morgan fingerprint density at radius 3 is 2.73 bits per heavy atom. The molecule has 0 aromatic heterocycles. The summed E-state index contributed by atoms with van der Waals surface area (Å²) in [5.74, 6) is 0. The van der Waals surface area contributed by atoms with Gasteiger partial charge >= 0.3 is 0 Å². The molecule has 1 aromatic rings. The lowest BCUT2D eigenvalue weighted by Crippen LogP contribution is -1.89. The van der Waals surface area contributed by atoms with E-state index in [4.69, 9.17) is 12.2 Å². The zero-order valence-electron chi connectivity index (χ0n) is 6.63. The molecule has 0 amide bonds. The summed E-state index contributed by atoms with van der Waals surface area (Å²) in [5.41, 5.74) is 2.42. The van der Waals surface area contributed by atoms with Crippen LogP contribution in [0.15, 0.2) is 24.3 Å². The van der Waals surface area contributed by atoms with Crippen LogP contribution in [-0.2, 0) is 0 Å². The number of hydrogen-bond donors (Lipinski definition) is 0. The van der Waals surface area contributed by atoms with Crippen LogP contribution in [0.3, 0.4) is 0 Å².